The summed E-state index contributed by atoms with van der Waals surface area (Å²) in [7, 11) is 1.55. The first kappa shape index (κ1) is 25.0. The lowest BCUT2D eigenvalue weighted by Gasteiger charge is -2.43. The summed E-state index contributed by atoms with van der Waals surface area (Å²) >= 11 is 6.10. The van der Waals surface area contributed by atoms with Crippen molar-refractivity contribution in [2.75, 3.05) is 38.4 Å². The van der Waals surface area contributed by atoms with E-state index in [1.54, 1.807) is 30.3 Å². The van der Waals surface area contributed by atoms with Crippen LogP contribution in [0.5, 0.6) is 5.75 Å². The van der Waals surface area contributed by atoms with Gasteiger partial charge in [0.25, 0.3) is 0 Å². The highest BCUT2D eigenvalue weighted by Crippen LogP contribution is 2.31. The topological polar surface area (TPSA) is 89.9 Å². The van der Waals surface area contributed by atoms with Gasteiger partial charge in [-0.25, -0.2) is 9.78 Å². The molecule has 0 unspecified atom stereocenters. The van der Waals surface area contributed by atoms with Crippen molar-refractivity contribution in [2.45, 2.75) is 46.3 Å². The van der Waals surface area contributed by atoms with Crippen LogP contribution in [0.4, 0.5) is 10.7 Å². The van der Waals surface area contributed by atoms with Crippen molar-refractivity contribution in [3.63, 3.8) is 0 Å². The molecule has 0 spiro atoms. The van der Waals surface area contributed by atoms with Gasteiger partial charge in [0.15, 0.2) is 6.79 Å². The molecule has 0 aliphatic carbocycles. The van der Waals surface area contributed by atoms with E-state index in [2.05, 4.69) is 29.0 Å². The van der Waals surface area contributed by atoms with Crippen LogP contribution in [0.3, 0.4) is 0 Å². The Morgan fingerprint density at radius 2 is 2.00 bits per heavy atom. The maximum absolute atomic E-state index is 12.7. The van der Waals surface area contributed by atoms with Crippen LogP contribution in [-0.2, 0) is 9.47 Å². The third kappa shape index (κ3) is 6.45. The second kappa shape index (κ2) is 10.5. The van der Waals surface area contributed by atoms with Crippen molar-refractivity contribution in [1.82, 2.24) is 20.1 Å². The number of benzene rings is 1. The Labute approximate surface area is 200 Å². The fourth-order valence-electron chi connectivity index (χ4n) is 3.60. The van der Waals surface area contributed by atoms with E-state index in [1.807, 2.05) is 31.7 Å². The van der Waals surface area contributed by atoms with E-state index >= 15 is 0 Å². The van der Waals surface area contributed by atoms with E-state index in [9.17, 15) is 4.79 Å². The van der Waals surface area contributed by atoms with E-state index in [0.717, 1.165) is 5.56 Å². The summed E-state index contributed by atoms with van der Waals surface area (Å²) in [4.78, 5) is 21.1. The number of hydrogen-bond donors (Lipinski definition) is 0. The largest absolute Gasteiger partial charge is 0.467 e. The van der Waals surface area contributed by atoms with E-state index in [-0.39, 0.29) is 24.8 Å². The van der Waals surface area contributed by atoms with Crippen molar-refractivity contribution in [2.24, 2.45) is 5.92 Å². The number of nitrogens with zero attached hydrogens (tertiary/aromatic N) is 5. The summed E-state index contributed by atoms with van der Waals surface area (Å²) in [6, 6.07) is 5.25. The summed E-state index contributed by atoms with van der Waals surface area (Å²) in [6.07, 6.45) is 1.37. The van der Waals surface area contributed by atoms with Gasteiger partial charge in [0, 0.05) is 37.3 Å². The van der Waals surface area contributed by atoms with E-state index < -0.39 is 5.60 Å². The van der Waals surface area contributed by atoms with Crippen molar-refractivity contribution >= 4 is 23.6 Å². The Kier molecular flexibility index (Phi) is 7.97. The van der Waals surface area contributed by atoms with Gasteiger partial charge in [0.1, 0.15) is 17.0 Å². The Hall–Kier alpha value is -2.65. The normalized spacial score (nSPS) is 16.8. The lowest BCUT2D eigenvalue weighted by Crippen LogP contribution is -2.58. The number of hydrogen-bond acceptors (Lipinski definition) is 8. The first-order valence-electron chi connectivity index (χ1n) is 10.9. The number of amides is 1. The number of carbonyl (C=O) groups excluding carboxylic acids is 1. The molecular weight excluding hydrogens is 446 g/mol. The minimum absolute atomic E-state index is 0.0258. The molecular formula is C23H32ClN5O4. The highest BCUT2D eigenvalue weighted by Gasteiger charge is 2.35. The number of anilines is 1. The zero-order valence-corrected chi connectivity index (χ0v) is 20.8. The maximum Gasteiger partial charge on any atom is 0.410 e. The average molecular weight is 478 g/mol. The lowest BCUT2D eigenvalue weighted by atomic mass is 10.00. The van der Waals surface area contributed by atoms with Crippen LogP contribution < -0.4 is 9.64 Å². The first-order chi connectivity index (χ1) is 15.6. The molecule has 2 heterocycles. The fourth-order valence-corrected chi connectivity index (χ4v) is 3.76. The van der Waals surface area contributed by atoms with Crippen molar-refractivity contribution in [3.05, 3.63) is 29.4 Å². The minimum atomic E-state index is -0.536. The summed E-state index contributed by atoms with van der Waals surface area (Å²) in [6.45, 7) is 11.6. The average Bonchev–Trinajstić information content (AvgIpc) is 2.76. The van der Waals surface area contributed by atoms with Crippen molar-refractivity contribution in [1.29, 1.82) is 0 Å². The fraction of sp³-hybridized carbons (Fsp3) is 0.565. The van der Waals surface area contributed by atoms with Crippen molar-refractivity contribution in [3.8, 4) is 17.0 Å². The van der Waals surface area contributed by atoms with Crippen LogP contribution in [0, 0.1) is 5.92 Å². The molecule has 1 saturated heterocycles. The van der Waals surface area contributed by atoms with Gasteiger partial charge in [-0.05, 0) is 44.9 Å². The van der Waals surface area contributed by atoms with Gasteiger partial charge in [-0.15, -0.1) is 10.2 Å². The van der Waals surface area contributed by atoms with Gasteiger partial charge in [-0.3, -0.25) is 0 Å². The van der Waals surface area contributed by atoms with Gasteiger partial charge < -0.3 is 24.0 Å². The molecule has 1 fully saturated rings. The molecule has 2 aromatic rings. The maximum atomic E-state index is 12.7. The third-order valence-corrected chi connectivity index (χ3v) is 5.44. The molecule has 10 heteroatoms. The van der Waals surface area contributed by atoms with E-state index in [0.29, 0.717) is 42.0 Å². The molecule has 1 amide bonds. The van der Waals surface area contributed by atoms with Crippen LogP contribution in [0.1, 0.15) is 34.6 Å². The van der Waals surface area contributed by atoms with Crippen molar-refractivity contribution < 1.29 is 19.0 Å². The third-order valence-electron chi connectivity index (χ3n) is 5.20. The molecule has 9 nitrogen and oxygen atoms in total. The number of piperazine rings is 1. The molecule has 1 aromatic carbocycles. The van der Waals surface area contributed by atoms with Gasteiger partial charge >= 0.3 is 6.09 Å². The predicted molar refractivity (Wildman–Crippen MR) is 127 cm³/mol. The minimum Gasteiger partial charge on any atom is -0.467 e. The summed E-state index contributed by atoms with van der Waals surface area (Å²) < 4.78 is 16.2. The number of halogens is 1. The second-order valence-electron chi connectivity index (χ2n) is 9.27. The SMILES string of the molecule is COCOc1cc(Cl)ccc1-c1cnc(N2CCN(C(=O)OC(C)(C)C)[C@@H](C(C)C)C2)nn1. The number of aromatic nitrogens is 3. The Bertz CT molecular complexity index is 949. The molecule has 0 bridgehead atoms. The molecule has 0 N–H and O–H groups in total. The van der Waals surface area contributed by atoms with Gasteiger partial charge in [-0.2, -0.15) is 0 Å². The van der Waals surface area contributed by atoms with Crippen LogP contribution in [0.2, 0.25) is 5.02 Å². The lowest BCUT2D eigenvalue weighted by molar-refractivity contribution is 0.00871. The monoisotopic (exact) mass is 477 g/mol. The Morgan fingerprint density at radius 1 is 1.24 bits per heavy atom. The van der Waals surface area contributed by atoms with Crippen LogP contribution in [0.25, 0.3) is 11.3 Å². The summed E-state index contributed by atoms with van der Waals surface area (Å²) in [5.74, 6) is 1.29. The van der Waals surface area contributed by atoms with E-state index in [1.165, 1.54) is 0 Å². The van der Waals surface area contributed by atoms with Crippen LogP contribution in [-0.4, -0.2) is 71.4 Å². The number of carbonyl (C=O) groups is 1. The highest BCUT2D eigenvalue weighted by atomic mass is 35.5. The molecule has 180 valence electrons. The highest BCUT2D eigenvalue weighted by molar-refractivity contribution is 6.30. The Morgan fingerprint density at radius 3 is 2.61 bits per heavy atom. The van der Waals surface area contributed by atoms with Crippen LogP contribution >= 0.6 is 11.6 Å². The molecule has 1 aromatic heterocycles. The number of rotatable bonds is 6. The van der Waals surface area contributed by atoms with Crippen LogP contribution in [0.15, 0.2) is 24.4 Å². The molecule has 0 radical (unpaired) electrons. The number of methoxy groups -OCH3 is 1. The molecule has 1 aliphatic rings. The molecule has 33 heavy (non-hydrogen) atoms. The number of ether oxygens (including phenoxy) is 3. The second-order valence-corrected chi connectivity index (χ2v) is 9.70. The zero-order chi connectivity index (χ0) is 24.2. The van der Waals surface area contributed by atoms with E-state index in [4.69, 9.17) is 25.8 Å². The predicted octanol–water partition coefficient (Wildman–Crippen LogP) is 4.26. The standard InChI is InChI=1S/C23H32ClN5O4/c1-15(2)19-13-28(9-10-29(19)22(30)33-23(3,4)5)21-25-12-18(26-27-21)17-8-7-16(24)11-20(17)32-14-31-6/h7-8,11-12,15,19H,9-10,13-14H2,1-6H3/t19-/m1/s1. The summed E-state index contributed by atoms with van der Waals surface area (Å²) in [5.41, 5.74) is 0.749. The summed E-state index contributed by atoms with van der Waals surface area (Å²) in [5, 5.41) is 9.27. The smallest absolute Gasteiger partial charge is 0.410 e. The first-order valence-corrected chi connectivity index (χ1v) is 11.3. The molecule has 3 rings (SSSR count). The molecule has 1 atom stereocenters. The molecule has 1 aliphatic heterocycles. The van der Waals surface area contributed by atoms with Gasteiger partial charge in [0.2, 0.25) is 5.95 Å². The van der Waals surface area contributed by atoms with Gasteiger partial charge in [-0.1, -0.05) is 25.4 Å². The zero-order valence-electron chi connectivity index (χ0n) is 20.0. The Balaban J connectivity index is 1.76. The quantitative estimate of drug-likeness (QED) is 0.570. The van der Waals surface area contributed by atoms with Gasteiger partial charge in [0.05, 0.1) is 12.2 Å². The molecule has 0 saturated carbocycles.